The lowest BCUT2D eigenvalue weighted by Crippen LogP contribution is -2.47. The molecule has 1 aliphatic heterocycles. The number of anilines is 1. The maximum Gasteiger partial charge on any atom is 0.254 e. The first-order chi connectivity index (χ1) is 14.7. The summed E-state index contributed by atoms with van der Waals surface area (Å²) in [4.78, 5) is 16.4. The van der Waals surface area contributed by atoms with Gasteiger partial charge in [-0.2, -0.15) is 5.26 Å². The summed E-state index contributed by atoms with van der Waals surface area (Å²) in [5.41, 5.74) is 0.290. The quantitative estimate of drug-likeness (QED) is 0.669. The van der Waals surface area contributed by atoms with Gasteiger partial charge in [0.25, 0.3) is 5.91 Å². The van der Waals surface area contributed by atoms with Crippen LogP contribution in [0.2, 0.25) is 10.0 Å². The van der Waals surface area contributed by atoms with Crippen molar-refractivity contribution in [3.63, 3.8) is 0 Å². The Hall–Kier alpha value is -2.33. The number of likely N-dealkylation sites (tertiary alicyclic amines) is 1. The highest BCUT2D eigenvalue weighted by Crippen LogP contribution is 2.31. The van der Waals surface area contributed by atoms with Gasteiger partial charge in [-0.05, 0) is 61.7 Å². The molecular formula is C23H24Cl2FN3O2. The molecule has 1 fully saturated rings. The van der Waals surface area contributed by atoms with Gasteiger partial charge in [-0.1, -0.05) is 30.1 Å². The fourth-order valence-corrected chi connectivity index (χ4v) is 4.12. The minimum Gasteiger partial charge on any atom is -0.380 e. The van der Waals surface area contributed by atoms with Crippen molar-refractivity contribution in [1.82, 2.24) is 4.90 Å². The van der Waals surface area contributed by atoms with E-state index in [0.29, 0.717) is 53.6 Å². The van der Waals surface area contributed by atoms with Gasteiger partial charge in [-0.15, -0.1) is 0 Å². The third-order valence-electron chi connectivity index (χ3n) is 5.79. The van der Waals surface area contributed by atoms with Crippen LogP contribution in [0.25, 0.3) is 0 Å². The van der Waals surface area contributed by atoms with Gasteiger partial charge in [-0.25, -0.2) is 4.39 Å². The maximum atomic E-state index is 13.9. The predicted octanol–water partition coefficient (Wildman–Crippen LogP) is 4.77. The van der Waals surface area contributed by atoms with Gasteiger partial charge in [0, 0.05) is 36.4 Å². The molecule has 1 saturated heterocycles. The largest absolute Gasteiger partial charge is 0.380 e. The van der Waals surface area contributed by atoms with E-state index in [1.54, 1.807) is 30.0 Å². The van der Waals surface area contributed by atoms with E-state index in [9.17, 15) is 19.6 Å². The van der Waals surface area contributed by atoms with Crippen LogP contribution in [0.5, 0.6) is 0 Å². The summed E-state index contributed by atoms with van der Waals surface area (Å²) in [7, 11) is 0. The fourth-order valence-electron chi connectivity index (χ4n) is 3.73. The molecule has 2 aromatic rings. The van der Waals surface area contributed by atoms with Gasteiger partial charge in [0.05, 0.1) is 10.6 Å². The lowest BCUT2D eigenvalue weighted by molar-refractivity contribution is -0.148. The minimum atomic E-state index is -1.41. The average Bonchev–Trinajstić information content (AvgIpc) is 3.23. The average molecular weight is 464 g/mol. The summed E-state index contributed by atoms with van der Waals surface area (Å²) < 4.78 is 13.9. The molecule has 1 N–H and O–H groups in total. The van der Waals surface area contributed by atoms with Crippen LogP contribution >= 0.6 is 23.2 Å². The van der Waals surface area contributed by atoms with Crippen LogP contribution < -0.4 is 4.90 Å². The number of carbonyl (C=O) groups excluding carboxylic acids is 1. The summed E-state index contributed by atoms with van der Waals surface area (Å²) in [6.07, 6.45) is 0.983. The Morgan fingerprint density at radius 3 is 2.71 bits per heavy atom. The molecule has 1 unspecified atom stereocenters. The van der Waals surface area contributed by atoms with Crippen molar-refractivity contribution in [3.05, 3.63) is 63.4 Å². The molecule has 0 radical (unpaired) electrons. The predicted molar refractivity (Wildman–Crippen MR) is 120 cm³/mol. The van der Waals surface area contributed by atoms with Crippen LogP contribution in [0.15, 0.2) is 36.4 Å². The maximum absolute atomic E-state index is 13.9. The van der Waals surface area contributed by atoms with Crippen molar-refractivity contribution in [2.45, 2.75) is 44.9 Å². The molecular weight excluding hydrogens is 440 g/mol. The normalized spacial score (nSPS) is 17.8. The van der Waals surface area contributed by atoms with E-state index in [-0.39, 0.29) is 17.8 Å². The molecule has 0 saturated carbocycles. The highest BCUT2D eigenvalue weighted by atomic mass is 35.5. The summed E-state index contributed by atoms with van der Waals surface area (Å²) >= 11 is 12.6. The van der Waals surface area contributed by atoms with E-state index in [1.165, 1.54) is 25.1 Å². The van der Waals surface area contributed by atoms with Crippen LogP contribution in [-0.4, -0.2) is 40.6 Å². The Bertz CT molecular complexity index is 1020. The zero-order valence-electron chi connectivity index (χ0n) is 17.4. The molecule has 3 rings (SSSR count). The molecule has 1 heterocycles. The molecule has 164 valence electrons. The van der Waals surface area contributed by atoms with Gasteiger partial charge in [0.2, 0.25) is 0 Å². The van der Waals surface area contributed by atoms with Crippen molar-refractivity contribution in [2.75, 3.05) is 18.0 Å². The monoisotopic (exact) mass is 463 g/mol. The first kappa shape index (κ1) is 23.3. The van der Waals surface area contributed by atoms with Crippen molar-refractivity contribution < 1.29 is 14.3 Å². The number of nitrogens with zero attached hydrogens (tertiary/aromatic N) is 3. The number of aliphatic hydroxyl groups is 1. The SMILES string of the molecule is CCC(C)(O)C(=O)N1CC[C@H](N(Cc2cc(F)ccc2Cl)c2ccc(C#N)c(Cl)c2)C1. The molecule has 1 aliphatic rings. The summed E-state index contributed by atoms with van der Waals surface area (Å²) in [6.45, 7) is 4.49. The Kier molecular flexibility index (Phi) is 7.10. The fraction of sp³-hybridized carbons (Fsp3) is 0.391. The van der Waals surface area contributed by atoms with Crippen molar-refractivity contribution >= 4 is 34.8 Å². The molecule has 31 heavy (non-hydrogen) atoms. The molecule has 0 aromatic heterocycles. The number of hydrogen-bond acceptors (Lipinski definition) is 4. The summed E-state index contributed by atoms with van der Waals surface area (Å²) in [5, 5.41) is 20.3. The summed E-state index contributed by atoms with van der Waals surface area (Å²) in [5.74, 6) is -0.696. The van der Waals surface area contributed by atoms with Crippen LogP contribution in [0, 0.1) is 17.1 Å². The molecule has 0 spiro atoms. The number of carbonyl (C=O) groups is 1. The number of halogens is 3. The highest BCUT2D eigenvalue weighted by molar-refractivity contribution is 6.32. The second-order valence-corrected chi connectivity index (χ2v) is 8.78. The van der Waals surface area contributed by atoms with Crippen LogP contribution in [0.3, 0.4) is 0 Å². The smallest absolute Gasteiger partial charge is 0.254 e. The zero-order chi connectivity index (χ0) is 22.8. The molecule has 8 heteroatoms. The topological polar surface area (TPSA) is 67.6 Å². The van der Waals surface area contributed by atoms with E-state index in [4.69, 9.17) is 23.2 Å². The molecule has 0 bridgehead atoms. The van der Waals surface area contributed by atoms with Crippen molar-refractivity contribution in [3.8, 4) is 6.07 Å². The standard InChI is InChI=1S/C23H24Cl2FN3O2/c1-3-23(2,31)22(30)28-9-8-19(14-28)29(13-16-10-17(26)5-7-20(16)24)18-6-4-15(12-27)21(25)11-18/h4-7,10-11,19,31H,3,8-9,13-14H2,1-2H3/t19-,23?/m0/s1. The highest BCUT2D eigenvalue weighted by Gasteiger charge is 2.38. The number of hydrogen-bond donors (Lipinski definition) is 1. The molecule has 5 nitrogen and oxygen atoms in total. The van der Waals surface area contributed by atoms with E-state index in [0.717, 1.165) is 5.69 Å². The number of benzene rings is 2. The van der Waals surface area contributed by atoms with Crippen LogP contribution in [0.4, 0.5) is 10.1 Å². The second kappa shape index (κ2) is 9.44. The third kappa shape index (κ3) is 5.12. The van der Waals surface area contributed by atoms with Crippen LogP contribution in [-0.2, 0) is 11.3 Å². The van der Waals surface area contributed by atoms with Crippen molar-refractivity contribution in [1.29, 1.82) is 5.26 Å². The summed E-state index contributed by atoms with van der Waals surface area (Å²) in [6, 6.07) is 11.3. The third-order valence-corrected chi connectivity index (χ3v) is 6.48. The first-order valence-electron chi connectivity index (χ1n) is 10.1. The number of amides is 1. The van der Waals surface area contributed by atoms with Gasteiger partial charge < -0.3 is 14.9 Å². The lowest BCUT2D eigenvalue weighted by Gasteiger charge is -2.33. The Labute approximate surface area is 191 Å². The Morgan fingerprint density at radius 1 is 1.32 bits per heavy atom. The lowest BCUT2D eigenvalue weighted by atomic mass is 10.0. The molecule has 0 aliphatic carbocycles. The van der Waals surface area contributed by atoms with Crippen LogP contribution in [0.1, 0.15) is 37.8 Å². The Balaban J connectivity index is 1.93. The van der Waals surface area contributed by atoms with E-state index < -0.39 is 5.60 Å². The van der Waals surface area contributed by atoms with E-state index in [2.05, 4.69) is 0 Å². The second-order valence-electron chi connectivity index (χ2n) is 7.96. The van der Waals surface area contributed by atoms with E-state index >= 15 is 0 Å². The Morgan fingerprint density at radius 2 is 2.06 bits per heavy atom. The zero-order valence-corrected chi connectivity index (χ0v) is 18.9. The number of nitriles is 1. The molecule has 2 atom stereocenters. The van der Waals surface area contributed by atoms with Gasteiger partial charge in [-0.3, -0.25) is 4.79 Å². The van der Waals surface area contributed by atoms with Gasteiger partial charge in [0.1, 0.15) is 17.5 Å². The van der Waals surface area contributed by atoms with E-state index in [1.807, 2.05) is 11.0 Å². The molecule has 2 aromatic carbocycles. The first-order valence-corrected chi connectivity index (χ1v) is 10.8. The van der Waals surface area contributed by atoms with Gasteiger partial charge >= 0.3 is 0 Å². The minimum absolute atomic E-state index is 0.0973. The van der Waals surface area contributed by atoms with Crippen molar-refractivity contribution in [2.24, 2.45) is 0 Å². The van der Waals surface area contributed by atoms with Gasteiger partial charge in [0.15, 0.2) is 0 Å². The number of rotatable bonds is 6. The molecule has 1 amide bonds.